The Morgan fingerprint density at radius 3 is 2.91 bits per heavy atom. The van der Waals surface area contributed by atoms with Crippen molar-refractivity contribution in [1.82, 2.24) is 10.2 Å². The van der Waals surface area contributed by atoms with Gasteiger partial charge >= 0.3 is 0 Å². The van der Waals surface area contributed by atoms with Gasteiger partial charge in [-0.15, -0.1) is 0 Å². The summed E-state index contributed by atoms with van der Waals surface area (Å²) in [7, 11) is 0. The Balaban J connectivity index is 1.54. The van der Waals surface area contributed by atoms with E-state index in [-0.39, 0.29) is 29.1 Å². The summed E-state index contributed by atoms with van der Waals surface area (Å²) in [4.78, 5) is 25.6. The molecule has 2 aliphatic heterocycles. The second kappa shape index (κ2) is 6.30. The van der Waals surface area contributed by atoms with Gasteiger partial charge in [-0.25, -0.2) is 4.39 Å². The highest BCUT2D eigenvalue weighted by Crippen LogP contribution is 2.30. The second-order valence-electron chi connectivity index (χ2n) is 6.96. The van der Waals surface area contributed by atoms with Crippen LogP contribution in [-0.2, 0) is 9.59 Å². The number of likely N-dealkylation sites (tertiary alicyclic amines) is 1. The number of rotatable bonds is 4. The van der Waals surface area contributed by atoms with Crippen molar-refractivity contribution < 1.29 is 14.0 Å². The van der Waals surface area contributed by atoms with Crippen LogP contribution in [0.5, 0.6) is 0 Å². The van der Waals surface area contributed by atoms with Gasteiger partial charge in [0.25, 0.3) is 0 Å². The maximum Gasteiger partial charge on any atom is 0.222 e. The SMILES string of the molecule is C[C@@]1(CCC(=O)N2CC[C@H](c3ccccc3F)C2)CCC(=O)N1. The number of hydrogen-bond donors (Lipinski definition) is 1. The van der Waals surface area contributed by atoms with E-state index in [2.05, 4.69) is 5.32 Å². The van der Waals surface area contributed by atoms with Gasteiger partial charge in [-0.1, -0.05) is 18.2 Å². The fraction of sp³-hybridized carbons (Fsp3) is 0.556. The van der Waals surface area contributed by atoms with E-state index in [1.54, 1.807) is 6.07 Å². The van der Waals surface area contributed by atoms with Crippen molar-refractivity contribution in [3.05, 3.63) is 35.6 Å². The molecule has 0 spiro atoms. The minimum absolute atomic E-state index is 0.0701. The van der Waals surface area contributed by atoms with E-state index in [1.165, 1.54) is 6.07 Å². The van der Waals surface area contributed by atoms with Gasteiger partial charge in [-0.05, 0) is 37.8 Å². The second-order valence-corrected chi connectivity index (χ2v) is 6.96. The zero-order valence-electron chi connectivity index (χ0n) is 13.5. The number of hydrogen-bond acceptors (Lipinski definition) is 2. The van der Waals surface area contributed by atoms with Gasteiger partial charge < -0.3 is 10.2 Å². The first kappa shape index (κ1) is 16.0. The average Bonchev–Trinajstić information content (AvgIpc) is 3.13. The molecule has 2 aliphatic rings. The molecule has 2 fully saturated rings. The van der Waals surface area contributed by atoms with E-state index in [0.29, 0.717) is 37.9 Å². The van der Waals surface area contributed by atoms with E-state index in [4.69, 9.17) is 0 Å². The number of carbonyl (C=O) groups is 2. The number of benzene rings is 1. The maximum absolute atomic E-state index is 13.9. The lowest BCUT2D eigenvalue weighted by atomic mass is 9.94. The summed E-state index contributed by atoms with van der Waals surface area (Å²) in [6.07, 6.45) is 3.24. The largest absolute Gasteiger partial charge is 0.351 e. The lowest BCUT2D eigenvalue weighted by Gasteiger charge is -2.25. The summed E-state index contributed by atoms with van der Waals surface area (Å²) in [5.74, 6) is 0.0712. The number of halogens is 1. The van der Waals surface area contributed by atoms with E-state index in [0.717, 1.165) is 12.8 Å². The molecule has 0 radical (unpaired) electrons. The van der Waals surface area contributed by atoms with E-state index < -0.39 is 0 Å². The minimum atomic E-state index is -0.253. The zero-order chi connectivity index (χ0) is 16.4. The highest BCUT2D eigenvalue weighted by Gasteiger charge is 2.34. The molecule has 0 saturated carbocycles. The first-order valence-corrected chi connectivity index (χ1v) is 8.30. The molecule has 2 atom stereocenters. The molecule has 1 N–H and O–H groups in total. The summed E-state index contributed by atoms with van der Waals surface area (Å²) in [6.45, 7) is 3.26. The number of carbonyl (C=O) groups excluding carboxylic acids is 2. The molecular weight excluding hydrogens is 295 g/mol. The molecule has 5 heteroatoms. The highest BCUT2D eigenvalue weighted by atomic mass is 19.1. The van der Waals surface area contributed by atoms with Gasteiger partial charge in [-0.2, -0.15) is 0 Å². The molecule has 1 aromatic rings. The average molecular weight is 318 g/mol. The van der Waals surface area contributed by atoms with E-state index in [1.807, 2.05) is 24.0 Å². The molecule has 0 aliphatic carbocycles. The maximum atomic E-state index is 13.9. The first-order valence-electron chi connectivity index (χ1n) is 8.30. The summed E-state index contributed by atoms with van der Waals surface area (Å²) >= 11 is 0. The predicted molar refractivity (Wildman–Crippen MR) is 85.4 cm³/mol. The van der Waals surface area contributed by atoms with Crippen LogP contribution in [0, 0.1) is 5.82 Å². The van der Waals surface area contributed by atoms with Gasteiger partial charge in [0.15, 0.2) is 0 Å². The Hall–Kier alpha value is -1.91. The highest BCUT2D eigenvalue weighted by molar-refractivity contribution is 5.80. The minimum Gasteiger partial charge on any atom is -0.351 e. The van der Waals surface area contributed by atoms with E-state index in [9.17, 15) is 14.0 Å². The quantitative estimate of drug-likeness (QED) is 0.927. The standard InChI is InChI=1S/C18H23FN2O2/c1-18(9-6-16(22)20-18)10-7-17(23)21-11-8-13(12-21)14-4-2-3-5-15(14)19/h2-5,13H,6-12H2,1H3,(H,20,22)/t13-,18-/m0/s1. The molecule has 0 bridgehead atoms. The van der Waals surface area contributed by atoms with Crippen molar-refractivity contribution in [3.8, 4) is 0 Å². The lowest BCUT2D eigenvalue weighted by Crippen LogP contribution is -2.40. The van der Waals surface area contributed by atoms with Crippen LogP contribution in [0.1, 0.15) is 50.5 Å². The first-order chi connectivity index (χ1) is 11.0. The smallest absolute Gasteiger partial charge is 0.222 e. The molecule has 2 amide bonds. The Morgan fingerprint density at radius 1 is 1.43 bits per heavy atom. The van der Waals surface area contributed by atoms with Gasteiger partial charge in [0.1, 0.15) is 5.82 Å². The van der Waals surface area contributed by atoms with Crippen molar-refractivity contribution in [1.29, 1.82) is 0 Å². The number of nitrogens with one attached hydrogen (secondary N) is 1. The number of amides is 2. The van der Waals surface area contributed by atoms with Gasteiger partial charge in [0.05, 0.1) is 0 Å². The molecule has 2 heterocycles. The van der Waals surface area contributed by atoms with Crippen molar-refractivity contribution in [2.24, 2.45) is 0 Å². The van der Waals surface area contributed by atoms with Gasteiger partial charge in [0, 0.05) is 37.4 Å². The zero-order valence-corrected chi connectivity index (χ0v) is 13.5. The Labute approximate surface area is 136 Å². The van der Waals surface area contributed by atoms with Crippen LogP contribution in [0.3, 0.4) is 0 Å². The molecule has 23 heavy (non-hydrogen) atoms. The van der Waals surface area contributed by atoms with Crippen LogP contribution in [-0.4, -0.2) is 35.3 Å². The van der Waals surface area contributed by atoms with Crippen LogP contribution in [0.4, 0.5) is 4.39 Å². The molecule has 124 valence electrons. The van der Waals surface area contributed by atoms with Gasteiger partial charge in [0.2, 0.25) is 11.8 Å². The fourth-order valence-corrected chi connectivity index (χ4v) is 3.63. The van der Waals surface area contributed by atoms with Crippen molar-refractivity contribution >= 4 is 11.8 Å². The van der Waals surface area contributed by atoms with Crippen molar-refractivity contribution in [2.75, 3.05) is 13.1 Å². The third-order valence-electron chi connectivity index (χ3n) is 5.12. The van der Waals surface area contributed by atoms with Crippen molar-refractivity contribution in [2.45, 2.75) is 50.5 Å². The molecule has 4 nitrogen and oxygen atoms in total. The van der Waals surface area contributed by atoms with Crippen LogP contribution < -0.4 is 5.32 Å². The molecule has 0 aromatic heterocycles. The van der Waals surface area contributed by atoms with Crippen LogP contribution in [0.15, 0.2) is 24.3 Å². The fourth-order valence-electron chi connectivity index (χ4n) is 3.63. The lowest BCUT2D eigenvalue weighted by molar-refractivity contribution is -0.130. The Kier molecular flexibility index (Phi) is 4.37. The topological polar surface area (TPSA) is 49.4 Å². The normalized spacial score (nSPS) is 27.3. The van der Waals surface area contributed by atoms with Crippen molar-refractivity contribution in [3.63, 3.8) is 0 Å². The Bertz CT molecular complexity index is 619. The summed E-state index contributed by atoms with van der Waals surface area (Å²) in [5.41, 5.74) is 0.454. The molecule has 3 rings (SSSR count). The molecule has 0 unspecified atom stereocenters. The van der Waals surface area contributed by atoms with Crippen LogP contribution >= 0.6 is 0 Å². The van der Waals surface area contributed by atoms with Crippen LogP contribution in [0.2, 0.25) is 0 Å². The summed E-state index contributed by atoms with van der Waals surface area (Å²) < 4.78 is 13.9. The van der Waals surface area contributed by atoms with E-state index >= 15 is 0 Å². The molecular formula is C18H23FN2O2. The monoisotopic (exact) mass is 318 g/mol. The third-order valence-corrected chi connectivity index (χ3v) is 5.12. The molecule has 2 saturated heterocycles. The summed E-state index contributed by atoms with van der Waals surface area (Å²) in [5, 5.41) is 2.96. The van der Waals surface area contributed by atoms with Gasteiger partial charge in [-0.3, -0.25) is 9.59 Å². The molecule has 1 aromatic carbocycles. The number of nitrogens with zero attached hydrogens (tertiary/aromatic N) is 1. The van der Waals surface area contributed by atoms with Crippen LogP contribution in [0.25, 0.3) is 0 Å². The Morgan fingerprint density at radius 2 is 2.22 bits per heavy atom. The third kappa shape index (κ3) is 3.54. The summed E-state index contributed by atoms with van der Waals surface area (Å²) in [6, 6.07) is 6.81. The predicted octanol–water partition coefficient (Wildman–Crippen LogP) is 2.59.